The maximum Gasteiger partial charge on any atom is 0.225 e. The molecule has 0 radical (unpaired) electrons. The van der Waals surface area contributed by atoms with Gasteiger partial charge in [-0.1, -0.05) is 25.8 Å². The van der Waals surface area contributed by atoms with Crippen LogP contribution < -0.4 is 20.1 Å². The molecule has 10 heteroatoms. The van der Waals surface area contributed by atoms with Crippen LogP contribution in [0.15, 0.2) is 48.8 Å². The number of benzene rings is 1. The standard InChI is InChI=1S/C34H45N7O3/c1-6-7-14-34(2,22-42)40-32-31-29(38-33(39-32)37-20-25-8-10-27(43-4)18-30(25)44-5)17-26(21-36-31)24-9-11-28(35-19-24)23-12-15-41(3)16-13-23/h8-11,17-19,21,23,42H,6-7,12-16,20,22H2,1-5H3,(H2,37,38,39,40). The van der Waals surface area contributed by atoms with Crippen molar-refractivity contribution in [2.24, 2.45) is 0 Å². The maximum atomic E-state index is 10.3. The summed E-state index contributed by atoms with van der Waals surface area (Å²) in [5.74, 6) is 2.96. The number of nitrogens with zero attached hydrogens (tertiary/aromatic N) is 5. The minimum absolute atomic E-state index is 0.0301. The van der Waals surface area contributed by atoms with E-state index < -0.39 is 5.54 Å². The number of unbranched alkanes of at least 4 members (excludes halogenated alkanes) is 1. The van der Waals surface area contributed by atoms with Crippen molar-refractivity contribution in [3.8, 4) is 22.6 Å². The van der Waals surface area contributed by atoms with Crippen LogP contribution in [0, 0.1) is 0 Å². The van der Waals surface area contributed by atoms with Crippen LogP contribution in [0.25, 0.3) is 22.2 Å². The number of pyridine rings is 2. The molecule has 3 aromatic heterocycles. The lowest BCUT2D eigenvalue weighted by molar-refractivity contribution is 0.212. The molecule has 1 unspecified atom stereocenters. The Balaban J connectivity index is 1.46. The van der Waals surface area contributed by atoms with Crippen molar-refractivity contribution in [1.29, 1.82) is 0 Å². The zero-order chi connectivity index (χ0) is 31.1. The van der Waals surface area contributed by atoms with Crippen LogP contribution >= 0.6 is 0 Å². The Hall–Kier alpha value is -4.02. The minimum Gasteiger partial charge on any atom is -0.497 e. The smallest absolute Gasteiger partial charge is 0.225 e. The van der Waals surface area contributed by atoms with Crippen LogP contribution in [-0.4, -0.2) is 76.4 Å². The fraction of sp³-hybridized carbons (Fsp3) is 0.471. The number of piperidine rings is 1. The number of aliphatic hydroxyl groups is 1. The lowest BCUT2D eigenvalue weighted by Gasteiger charge is -2.29. The van der Waals surface area contributed by atoms with E-state index in [-0.39, 0.29) is 6.61 Å². The topological polar surface area (TPSA) is 118 Å². The Morgan fingerprint density at radius 1 is 1.00 bits per heavy atom. The molecule has 1 aliphatic heterocycles. The number of likely N-dealkylation sites (tertiary alicyclic amines) is 1. The van der Waals surface area contributed by atoms with Gasteiger partial charge in [0.1, 0.15) is 17.0 Å². The second-order valence-corrected chi connectivity index (χ2v) is 12.0. The van der Waals surface area contributed by atoms with Crippen molar-refractivity contribution in [1.82, 2.24) is 24.8 Å². The molecule has 4 heterocycles. The lowest BCUT2D eigenvalue weighted by atomic mass is 9.93. The average molecular weight is 600 g/mol. The fourth-order valence-electron chi connectivity index (χ4n) is 5.67. The van der Waals surface area contributed by atoms with Crippen molar-refractivity contribution in [3.05, 3.63) is 60.0 Å². The van der Waals surface area contributed by atoms with E-state index in [1.165, 1.54) is 0 Å². The number of methoxy groups -OCH3 is 2. The van der Waals surface area contributed by atoms with Gasteiger partial charge in [-0.2, -0.15) is 4.98 Å². The molecular formula is C34H45N7O3. The number of hydrogen-bond acceptors (Lipinski definition) is 10. The van der Waals surface area contributed by atoms with Gasteiger partial charge >= 0.3 is 0 Å². The van der Waals surface area contributed by atoms with E-state index in [2.05, 4.69) is 41.6 Å². The van der Waals surface area contributed by atoms with Gasteiger partial charge in [-0.15, -0.1) is 0 Å². The van der Waals surface area contributed by atoms with E-state index in [9.17, 15) is 5.11 Å². The number of fused-ring (bicyclic) bond motifs is 1. The second kappa shape index (κ2) is 14.2. The summed E-state index contributed by atoms with van der Waals surface area (Å²) in [5.41, 5.74) is 4.81. The molecule has 4 aromatic rings. The van der Waals surface area contributed by atoms with Gasteiger partial charge in [0, 0.05) is 53.3 Å². The van der Waals surface area contributed by atoms with Gasteiger partial charge in [0.25, 0.3) is 0 Å². The summed E-state index contributed by atoms with van der Waals surface area (Å²) in [4.78, 5) is 21.7. The SMILES string of the molecule is CCCCC(C)(CO)Nc1nc(NCc2ccc(OC)cc2OC)nc2cc(-c3ccc(C4CCN(C)CC4)nc3)cnc12. The first-order valence-corrected chi connectivity index (χ1v) is 15.5. The number of rotatable bonds is 13. The van der Waals surface area contributed by atoms with Gasteiger partial charge < -0.3 is 30.1 Å². The first-order chi connectivity index (χ1) is 21.3. The zero-order valence-corrected chi connectivity index (χ0v) is 26.6. The van der Waals surface area contributed by atoms with Gasteiger partial charge in [-0.05, 0) is 70.6 Å². The van der Waals surface area contributed by atoms with Crippen molar-refractivity contribution in [3.63, 3.8) is 0 Å². The van der Waals surface area contributed by atoms with E-state index in [4.69, 9.17) is 29.4 Å². The molecule has 10 nitrogen and oxygen atoms in total. The Bertz CT molecular complexity index is 1540. The molecule has 3 N–H and O–H groups in total. The summed E-state index contributed by atoms with van der Waals surface area (Å²) < 4.78 is 10.9. The van der Waals surface area contributed by atoms with Gasteiger partial charge in [0.15, 0.2) is 5.82 Å². The highest BCUT2D eigenvalue weighted by Crippen LogP contribution is 2.31. The molecule has 1 aliphatic rings. The second-order valence-electron chi connectivity index (χ2n) is 12.0. The third kappa shape index (κ3) is 7.36. The summed E-state index contributed by atoms with van der Waals surface area (Å²) in [7, 11) is 5.45. The van der Waals surface area contributed by atoms with E-state index in [0.717, 1.165) is 73.3 Å². The third-order valence-electron chi connectivity index (χ3n) is 8.57. The predicted molar refractivity (Wildman–Crippen MR) is 176 cm³/mol. The fourth-order valence-corrected chi connectivity index (χ4v) is 5.67. The molecule has 1 atom stereocenters. The summed E-state index contributed by atoms with van der Waals surface area (Å²) in [6.07, 6.45) is 8.87. The van der Waals surface area contributed by atoms with Crippen LogP contribution in [0.1, 0.15) is 63.1 Å². The molecule has 0 bridgehead atoms. The van der Waals surface area contributed by atoms with Crippen LogP contribution in [0.2, 0.25) is 0 Å². The molecule has 0 saturated carbocycles. The number of aromatic nitrogens is 4. The molecular weight excluding hydrogens is 554 g/mol. The van der Waals surface area contributed by atoms with Gasteiger partial charge in [0.05, 0.1) is 31.9 Å². The van der Waals surface area contributed by atoms with E-state index in [1.807, 2.05) is 43.6 Å². The molecule has 1 saturated heterocycles. The number of nitrogens with one attached hydrogen (secondary N) is 2. The molecule has 1 fully saturated rings. The number of ether oxygens (including phenoxy) is 2. The highest BCUT2D eigenvalue weighted by molar-refractivity contribution is 5.89. The Morgan fingerprint density at radius 2 is 1.80 bits per heavy atom. The first-order valence-electron chi connectivity index (χ1n) is 15.5. The molecule has 234 valence electrons. The maximum absolute atomic E-state index is 10.3. The first kappa shape index (κ1) is 31.4. The van der Waals surface area contributed by atoms with Crippen LogP contribution in [0.3, 0.4) is 0 Å². The van der Waals surface area contributed by atoms with Crippen molar-refractivity contribution < 1.29 is 14.6 Å². The highest BCUT2D eigenvalue weighted by Gasteiger charge is 2.25. The molecule has 1 aromatic carbocycles. The van der Waals surface area contributed by atoms with Crippen LogP contribution in [-0.2, 0) is 6.54 Å². The van der Waals surface area contributed by atoms with Crippen LogP contribution in [0.4, 0.5) is 11.8 Å². The summed E-state index contributed by atoms with van der Waals surface area (Å²) >= 11 is 0. The lowest BCUT2D eigenvalue weighted by Crippen LogP contribution is -2.39. The quantitative estimate of drug-likeness (QED) is 0.172. The van der Waals surface area contributed by atoms with Crippen molar-refractivity contribution in [2.45, 2.75) is 64.0 Å². The molecule has 44 heavy (non-hydrogen) atoms. The van der Waals surface area contributed by atoms with E-state index in [0.29, 0.717) is 41.0 Å². The summed E-state index contributed by atoms with van der Waals surface area (Å²) in [6, 6.07) is 12.0. The number of anilines is 2. The Morgan fingerprint density at radius 3 is 2.48 bits per heavy atom. The summed E-state index contributed by atoms with van der Waals surface area (Å²) in [6.45, 7) is 6.78. The predicted octanol–water partition coefficient (Wildman–Crippen LogP) is 5.88. The Labute approximate surface area is 260 Å². The Kier molecular flexibility index (Phi) is 10.1. The largest absolute Gasteiger partial charge is 0.497 e. The summed E-state index contributed by atoms with van der Waals surface area (Å²) in [5, 5.41) is 17.2. The average Bonchev–Trinajstić information content (AvgIpc) is 3.06. The van der Waals surface area contributed by atoms with Gasteiger partial charge in [0.2, 0.25) is 5.95 Å². The molecule has 0 aliphatic carbocycles. The highest BCUT2D eigenvalue weighted by atomic mass is 16.5. The van der Waals surface area contributed by atoms with Gasteiger partial charge in [-0.25, -0.2) is 4.98 Å². The third-order valence-corrected chi connectivity index (χ3v) is 8.57. The van der Waals surface area contributed by atoms with Crippen molar-refractivity contribution >= 4 is 22.8 Å². The zero-order valence-electron chi connectivity index (χ0n) is 26.6. The van der Waals surface area contributed by atoms with E-state index >= 15 is 0 Å². The van der Waals surface area contributed by atoms with Gasteiger partial charge in [-0.3, -0.25) is 9.97 Å². The molecule has 0 spiro atoms. The minimum atomic E-state index is -0.554. The van der Waals surface area contributed by atoms with Crippen molar-refractivity contribution in [2.75, 3.05) is 51.6 Å². The number of hydrogen-bond donors (Lipinski definition) is 3. The normalized spacial score (nSPS) is 15.6. The molecule has 0 amide bonds. The van der Waals surface area contributed by atoms with Crippen LogP contribution in [0.5, 0.6) is 11.5 Å². The monoisotopic (exact) mass is 599 g/mol. The molecule has 5 rings (SSSR count). The van der Waals surface area contributed by atoms with E-state index in [1.54, 1.807) is 14.2 Å². The number of aliphatic hydroxyl groups excluding tert-OH is 1.